The van der Waals surface area contributed by atoms with Crippen molar-refractivity contribution in [1.82, 2.24) is 9.78 Å². The van der Waals surface area contributed by atoms with Crippen molar-refractivity contribution in [2.75, 3.05) is 5.32 Å². The Morgan fingerprint density at radius 3 is 2.33 bits per heavy atom. The van der Waals surface area contributed by atoms with Crippen molar-refractivity contribution in [3.8, 4) is 0 Å². The Morgan fingerprint density at radius 2 is 1.79 bits per heavy atom. The number of fused-ring (bicyclic) bond motifs is 1. The molecule has 1 aliphatic rings. The highest BCUT2D eigenvalue weighted by Gasteiger charge is 2.34. The van der Waals surface area contributed by atoms with Crippen LogP contribution in [-0.4, -0.2) is 15.7 Å². The van der Waals surface area contributed by atoms with Gasteiger partial charge in [0.05, 0.1) is 17.3 Å². The van der Waals surface area contributed by atoms with E-state index in [9.17, 15) is 18.0 Å². The summed E-state index contributed by atoms with van der Waals surface area (Å²) in [6, 6.07) is 4.97. The van der Waals surface area contributed by atoms with E-state index < -0.39 is 11.7 Å². The van der Waals surface area contributed by atoms with Gasteiger partial charge in [-0.25, -0.2) is 4.68 Å². The fourth-order valence-corrected chi connectivity index (χ4v) is 2.93. The van der Waals surface area contributed by atoms with Crippen LogP contribution in [-0.2, 0) is 16.5 Å². The Hall–Kier alpha value is -2.31. The van der Waals surface area contributed by atoms with Crippen molar-refractivity contribution in [2.24, 2.45) is 0 Å². The number of rotatable bonds is 1. The van der Waals surface area contributed by atoms with Crippen LogP contribution in [0.25, 0.3) is 0 Å². The van der Waals surface area contributed by atoms with E-state index in [4.69, 9.17) is 0 Å². The molecule has 1 amide bonds. The molecule has 0 saturated carbocycles. The van der Waals surface area contributed by atoms with E-state index in [1.165, 1.54) is 12.1 Å². The molecule has 3 rings (SSSR count). The van der Waals surface area contributed by atoms with Crippen molar-refractivity contribution >= 4 is 11.7 Å². The highest BCUT2D eigenvalue weighted by Crippen LogP contribution is 2.39. The highest BCUT2D eigenvalue weighted by atomic mass is 19.4. The third kappa shape index (κ3) is 2.90. The number of halogens is 3. The number of hydrogen-bond donors (Lipinski definition) is 1. The molecule has 0 aliphatic carbocycles. The first kappa shape index (κ1) is 16.5. The molecular weight excluding hydrogens is 319 g/mol. The molecule has 1 aromatic heterocycles. The summed E-state index contributed by atoms with van der Waals surface area (Å²) in [4.78, 5) is 12.1. The first-order valence-electron chi connectivity index (χ1n) is 7.63. The van der Waals surface area contributed by atoms with Gasteiger partial charge in [0.25, 0.3) is 0 Å². The molecule has 4 nitrogen and oxygen atoms in total. The molecule has 128 valence electrons. The largest absolute Gasteiger partial charge is 0.416 e. The maximum atomic E-state index is 12.7. The van der Waals surface area contributed by atoms with E-state index in [0.29, 0.717) is 11.4 Å². The maximum Gasteiger partial charge on any atom is 0.416 e. The van der Waals surface area contributed by atoms with Gasteiger partial charge >= 0.3 is 6.18 Å². The second-order valence-corrected chi connectivity index (χ2v) is 6.96. The molecule has 2 aromatic rings. The SMILES string of the molecule is CC(C)(C)n1ncc2c1NC(=O)CC2c1ccc(C(F)(F)F)cc1. The summed E-state index contributed by atoms with van der Waals surface area (Å²) < 4.78 is 39.9. The fourth-order valence-electron chi connectivity index (χ4n) is 2.93. The molecule has 7 heteroatoms. The van der Waals surface area contributed by atoms with E-state index in [-0.39, 0.29) is 23.8 Å². The Labute approximate surface area is 137 Å². The predicted octanol–water partition coefficient (Wildman–Crippen LogP) is 4.13. The Bertz CT molecular complexity index is 770. The third-order valence-corrected chi connectivity index (χ3v) is 4.10. The first-order chi connectivity index (χ1) is 11.1. The number of aromatic nitrogens is 2. The number of alkyl halides is 3. The number of anilines is 1. The molecule has 1 aromatic carbocycles. The molecule has 1 aliphatic heterocycles. The van der Waals surface area contributed by atoms with E-state index in [1.807, 2.05) is 20.8 Å². The summed E-state index contributed by atoms with van der Waals surface area (Å²) in [5, 5.41) is 7.19. The van der Waals surface area contributed by atoms with Gasteiger partial charge in [0.1, 0.15) is 5.82 Å². The first-order valence-corrected chi connectivity index (χ1v) is 7.63. The number of amides is 1. The number of hydrogen-bond acceptors (Lipinski definition) is 2. The lowest BCUT2D eigenvalue weighted by Gasteiger charge is -2.28. The van der Waals surface area contributed by atoms with Crippen LogP contribution in [0.3, 0.4) is 0 Å². The topological polar surface area (TPSA) is 46.9 Å². The van der Waals surface area contributed by atoms with Crippen molar-refractivity contribution in [1.29, 1.82) is 0 Å². The van der Waals surface area contributed by atoms with Gasteiger partial charge in [-0.1, -0.05) is 12.1 Å². The minimum absolute atomic E-state index is 0.168. The van der Waals surface area contributed by atoms with Crippen LogP contribution in [0.4, 0.5) is 19.0 Å². The molecule has 0 bridgehead atoms. The Morgan fingerprint density at radius 1 is 1.17 bits per heavy atom. The monoisotopic (exact) mass is 337 g/mol. The van der Waals surface area contributed by atoms with Crippen LogP contribution >= 0.6 is 0 Å². The number of carbonyl (C=O) groups is 1. The van der Waals surface area contributed by atoms with Crippen LogP contribution in [0.1, 0.15) is 49.8 Å². The summed E-state index contributed by atoms with van der Waals surface area (Å²) in [6.45, 7) is 5.90. The van der Waals surface area contributed by atoms with E-state index in [1.54, 1.807) is 10.9 Å². The average molecular weight is 337 g/mol. The van der Waals surface area contributed by atoms with Gasteiger partial charge in [0.15, 0.2) is 0 Å². The zero-order valence-corrected chi connectivity index (χ0v) is 13.6. The molecule has 0 fully saturated rings. The van der Waals surface area contributed by atoms with Gasteiger partial charge < -0.3 is 5.32 Å². The lowest BCUT2D eigenvalue weighted by Crippen LogP contribution is -2.30. The van der Waals surface area contributed by atoms with Gasteiger partial charge in [-0.2, -0.15) is 18.3 Å². The lowest BCUT2D eigenvalue weighted by atomic mass is 9.87. The van der Waals surface area contributed by atoms with Gasteiger partial charge in [-0.15, -0.1) is 0 Å². The van der Waals surface area contributed by atoms with Gasteiger partial charge in [0.2, 0.25) is 5.91 Å². The minimum atomic E-state index is -4.37. The molecule has 1 unspecified atom stereocenters. The van der Waals surface area contributed by atoms with Crippen LogP contribution in [0, 0.1) is 0 Å². The second-order valence-electron chi connectivity index (χ2n) is 6.96. The van der Waals surface area contributed by atoms with Crippen molar-refractivity contribution in [3.63, 3.8) is 0 Å². The number of benzene rings is 1. The van der Waals surface area contributed by atoms with Gasteiger partial charge in [0, 0.05) is 17.9 Å². The zero-order valence-electron chi connectivity index (χ0n) is 13.6. The van der Waals surface area contributed by atoms with Crippen molar-refractivity contribution in [3.05, 3.63) is 47.2 Å². The van der Waals surface area contributed by atoms with E-state index >= 15 is 0 Å². The summed E-state index contributed by atoms with van der Waals surface area (Å²) >= 11 is 0. The van der Waals surface area contributed by atoms with Crippen LogP contribution in [0.15, 0.2) is 30.5 Å². The normalized spacial score (nSPS) is 18.2. The molecule has 1 atom stereocenters. The molecular formula is C17H18F3N3O. The van der Waals surface area contributed by atoms with Gasteiger partial charge in [-0.05, 0) is 38.5 Å². The minimum Gasteiger partial charge on any atom is -0.311 e. The van der Waals surface area contributed by atoms with Crippen molar-refractivity contribution < 1.29 is 18.0 Å². The summed E-state index contributed by atoms with van der Waals surface area (Å²) in [7, 11) is 0. The summed E-state index contributed by atoms with van der Waals surface area (Å²) in [5.74, 6) is 0.147. The molecule has 0 radical (unpaired) electrons. The molecule has 2 heterocycles. The second kappa shape index (κ2) is 5.36. The average Bonchev–Trinajstić information content (AvgIpc) is 2.89. The Kier molecular flexibility index (Phi) is 3.69. The van der Waals surface area contributed by atoms with E-state index in [2.05, 4.69) is 10.4 Å². The quantitative estimate of drug-likeness (QED) is 0.850. The highest BCUT2D eigenvalue weighted by molar-refractivity contribution is 5.94. The maximum absolute atomic E-state index is 12.7. The number of carbonyl (C=O) groups excluding carboxylic acids is 1. The molecule has 0 spiro atoms. The standard InChI is InChI=1S/C17H18F3N3O/c1-16(2,3)23-15-13(9-21-23)12(8-14(24)22-15)10-4-6-11(7-5-10)17(18,19)20/h4-7,9,12H,8H2,1-3H3,(H,22,24). The molecule has 0 saturated heterocycles. The zero-order chi connectivity index (χ0) is 17.7. The molecule has 24 heavy (non-hydrogen) atoms. The predicted molar refractivity (Wildman–Crippen MR) is 83.8 cm³/mol. The van der Waals surface area contributed by atoms with Crippen molar-refractivity contribution in [2.45, 2.75) is 44.8 Å². The van der Waals surface area contributed by atoms with Gasteiger partial charge in [-0.3, -0.25) is 4.79 Å². The smallest absolute Gasteiger partial charge is 0.311 e. The summed E-state index contributed by atoms with van der Waals surface area (Å²) in [6.07, 6.45) is -2.50. The van der Waals surface area contributed by atoms with Crippen LogP contribution in [0.2, 0.25) is 0 Å². The van der Waals surface area contributed by atoms with E-state index in [0.717, 1.165) is 17.7 Å². The van der Waals surface area contributed by atoms with Crippen LogP contribution in [0.5, 0.6) is 0 Å². The summed E-state index contributed by atoms with van der Waals surface area (Å²) in [5.41, 5.74) is 0.483. The third-order valence-electron chi connectivity index (χ3n) is 4.10. The number of nitrogens with zero attached hydrogens (tertiary/aromatic N) is 2. The number of nitrogens with one attached hydrogen (secondary N) is 1. The fraction of sp³-hybridized carbons (Fsp3) is 0.412. The Balaban J connectivity index is 2.02. The van der Waals surface area contributed by atoms with Crippen LogP contribution < -0.4 is 5.32 Å². The molecule has 1 N–H and O–H groups in total. The lowest BCUT2D eigenvalue weighted by molar-refractivity contribution is -0.137.